The van der Waals surface area contributed by atoms with E-state index in [9.17, 15) is 9.59 Å². The Balaban J connectivity index is 1.58. The molecule has 1 aromatic heterocycles. The molecule has 1 atom stereocenters. The summed E-state index contributed by atoms with van der Waals surface area (Å²) in [6, 6.07) is 17.5. The average Bonchev–Trinajstić information content (AvgIpc) is 2.73. The maximum atomic E-state index is 12.8. The largest absolute Gasteiger partial charge is 0.488 e. The Morgan fingerprint density at radius 3 is 2.66 bits per heavy atom. The smallest absolute Gasteiger partial charge is 0.222 e. The molecule has 5 nitrogen and oxygen atoms in total. The van der Waals surface area contributed by atoms with Gasteiger partial charge < -0.3 is 10.1 Å². The van der Waals surface area contributed by atoms with Crippen LogP contribution < -0.4 is 10.1 Å². The van der Waals surface area contributed by atoms with Crippen LogP contribution in [0.4, 0.5) is 5.82 Å². The predicted molar refractivity (Wildman–Crippen MR) is 112 cm³/mol. The zero-order chi connectivity index (χ0) is 20.4. The van der Waals surface area contributed by atoms with Gasteiger partial charge >= 0.3 is 0 Å². The van der Waals surface area contributed by atoms with E-state index in [1.807, 2.05) is 54.6 Å². The van der Waals surface area contributed by atoms with Crippen molar-refractivity contribution in [2.75, 3.05) is 5.32 Å². The van der Waals surface area contributed by atoms with Gasteiger partial charge in [0.2, 0.25) is 5.91 Å². The van der Waals surface area contributed by atoms with E-state index in [1.54, 1.807) is 6.20 Å². The van der Waals surface area contributed by atoms with E-state index in [0.29, 0.717) is 30.2 Å². The number of Topliss-reactive ketones (excluding diaryl/α,β-unsaturated/α-hetero) is 1. The topological polar surface area (TPSA) is 68.3 Å². The van der Waals surface area contributed by atoms with Crippen LogP contribution in [-0.2, 0) is 11.4 Å². The molecule has 0 fully saturated rings. The molecule has 1 N–H and O–H groups in total. The number of fused-ring (bicyclic) bond motifs is 3. The van der Waals surface area contributed by atoms with Gasteiger partial charge in [0.1, 0.15) is 18.2 Å². The second kappa shape index (κ2) is 7.87. The van der Waals surface area contributed by atoms with Crippen molar-refractivity contribution >= 4 is 17.5 Å². The maximum absolute atomic E-state index is 12.8. The van der Waals surface area contributed by atoms with Crippen LogP contribution in [-0.4, -0.2) is 16.7 Å². The molecular weight excluding hydrogens is 364 g/mol. The lowest BCUT2D eigenvalue weighted by atomic mass is 9.91. The van der Waals surface area contributed by atoms with E-state index >= 15 is 0 Å². The zero-order valence-electron chi connectivity index (χ0n) is 16.4. The summed E-state index contributed by atoms with van der Waals surface area (Å²) >= 11 is 0. The predicted octanol–water partition coefficient (Wildman–Crippen LogP) is 4.98. The highest BCUT2D eigenvalue weighted by Crippen LogP contribution is 2.39. The molecule has 4 rings (SSSR count). The van der Waals surface area contributed by atoms with E-state index in [1.165, 1.54) is 6.92 Å². The van der Waals surface area contributed by atoms with Crippen LogP contribution in [0.1, 0.15) is 47.7 Å². The number of rotatable bonds is 5. The number of carbonyl (C=O) groups excluding carboxylic acids is 2. The molecule has 0 saturated carbocycles. The van der Waals surface area contributed by atoms with Crippen molar-refractivity contribution in [2.45, 2.75) is 32.8 Å². The summed E-state index contributed by atoms with van der Waals surface area (Å²) in [6.45, 7) is 3.90. The average molecular weight is 386 g/mol. The van der Waals surface area contributed by atoms with Crippen LogP contribution in [0.3, 0.4) is 0 Å². The summed E-state index contributed by atoms with van der Waals surface area (Å²) in [6.07, 6.45) is 2.15. The lowest BCUT2D eigenvalue weighted by molar-refractivity contribution is -0.114. The molecule has 0 saturated heterocycles. The molecule has 146 valence electrons. The Morgan fingerprint density at radius 1 is 1.10 bits per heavy atom. The molecule has 0 radical (unpaired) electrons. The van der Waals surface area contributed by atoms with Crippen LogP contribution in [0.25, 0.3) is 11.1 Å². The van der Waals surface area contributed by atoms with Gasteiger partial charge in [-0.2, -0.15) is 0 Å². The summed E-state index contributed by atoms with van der Waals surface area (Å²) < 4.78 is 5.87. The Kier molecular flexibility index (Phi) is 5.12. The highest BCUT2D eigenvalue weighted by molar-refractivity contribution is 5.98. The van der Waals surface area contributed by atoms with Gasteiger partial charge in [-0.15, -0.1) is 0 Å². The van der Waals surface area contributed by atoms with E-state index in [4.69, 9.17) is 4.74 Å². The number of carbonyl (C=O) groups is 2. The molecule has 1 aliphatic rings. The maximum Gasteiger partial charge on any atom is 0.222 e. The van der Waals surface area contributed by atoms with E-state index in [2.05, 4.69) is 17.2 Å². The number of aromatic nitrogens is 1. The van der Waals surface area contributed by atoms with Crippen molar-refractivity contribution in [3.63, 3.8) is 0 Å². The Morgan fingerprint density at radius 2 is 1.90 bits per heavy atom. The Bertz CT molecular complexity index is 1080. The number of pyridine rings is 1. The Labute approximate surface area is 169 Å². The standard InChI is InChI=1S/C24H22N2O3/c1-15(17-6-4-3-5-7-17)10-22(28)18-8-9-20-21-12-24(26-16(2)27)25-13-19(21)14-29-23(20)11-18/h3-9,11-13,15H,10,14H2,1-2H3,(H,25,26,27)/t15-/m0/s1. The van der Waals surface area contributed by atoms with Crippen molar-refractivity contribution in [3.8, 4) is 16.9 Å². The van der Waals surface area contributed by atoms with Gasteiger partial charge in [0.25, 0.3) is 0 Å². The number of nitrogens with one attached hydrogen (secondary N) is 1. The molecule has 2 aromatic carbocycles. The number of ketones is 1. The number of amides is 1. The van der Waals surface area contributed by atoms with Crippen molar-refractivity contribution in [1.29, 1.82) is 0 Å². The van der Waals surface area contributed by atoms with Gasteiger partial charge in [-0.1, -0.05) is 43.3 Å². The highest BCUT2D eigenvalue weighted by Gasteiger charge is 2.21. The van der Waals surface area contributed by atoms with Gasteiger partial charge in [-0.3, -0.25) is 9.59 Å². The minimum atomic E-state index is -0.168. The fourth-order valence-corrected chi connectivity index (χ4v) is 3.59. The van der Waals surface area contributed by atoms with E-state index in [0.717, 1.165) is 22.3 Å². The second-order valence-electron chi connectivity index (χ2n) is 7.35. The number of anilines is 1. The SMILES string of the molecule is CC(=O)Nc1cc2c(cn1)COc1cc(C(=O)C[C@H](C)c3ccccc3)ccc1-2. The first kappa shape index (κ1) is 18.9. The van der Waals surface area contributed by atoms with Gasteiger partial charge in [-0.05, 0) is 35.2 Å². The van der Waals surface area contributed by atoms with Crippen molar-refractivity contribution in [2.24, 2.45) is 0 Å². The normalized spacial score (nSPS) is 12.9. The summed E-state index contributed by atoms with van der Waals surface area (Å²) in [4.78, 5) is 28.4. The molecule has 0 unspecified atom stereocenters. The van der Waals surface area contributed by atoms with Gasteiger partial charge in [0.05, 0.1) is 0 Å². The van der Waals surface area contributed by atoms with Crippen molar-refractivity contribution < 1.29 is 14.3 Å². The fourth-order valence-electron chi connectivity index (χ4n) is 3.59. The highest BCUT2D eigenvalue weighted by atomic mass is 16.5. The third kappa shape index (κ3) is 4.04. The van der Waals surface area contributed by atoms with Gasteiger partial charge in [0, 0.05) is 36.2 Å². The molecule has 0 bridgehead atoms. The molecular formula is C24H22N2O3. The first-order valence-corrected chi connectivity index (χ1v) is 9.63. The summed E-state index contributed by atoms with van der Waals surface area (Å²) in [7, 11) is 0. The first-order valence-electron chi connectivity index (χ1n) is 9.63. The zero-order valence-corrected chi connectivity index (χ0v) is 16.4. The minimum Gasteiger partial charge on any atom is -0.488 e. The number of hydrogen-bond donors (Lipinski definition) is 1. The number of benzene rings is 2. The van der Waals surface area contributed by atoms with Crippen LogP contribution in [0, 0.1) is 0 Å². The van der Waals surface area contributed by atoms with Crippen LogP contribution in [0.15, 0.2) is 60.8 Å². The van der Waals surface area contributed by atoms with Crippen LogP contribution in [0.5, 0.6) is 5.75 Å². The Hall–Kier alpha value is -3.47. The van der Waals surface area contributed by atoms with Crippen molar-refractivity contribution in [3.05, 3.63) is 77.5 Å². The van der Waals surface area contributed by atoms with E-state index in [-0.39, 0.29) is 17.6 Å². The number of ether oxygens (including phenoxy) is 1. The molecule has 29 heavy (non-hydrogen) atoms. The van der Waals surface area contributed by atoms with Crippen LogP contribution >= 0.6 is 0 Å². The summed E-state index contributed by atoms with van der Waals surface area (Å²) in [5.41, 5.74) is 4.60. The lowest BCUT2D eigenvalue weighted by Gasteiger charge is -2.22. The molecule has 0 spiro atoms. The van der Waals surface area contributed by atoms with E-state index < -0.39 is 0 Å². The number of nitrogens with zero attached hydrogens (tertiary/aromatic N) is 1. The minimum absolute atomic E-state index is 0.0900. The number of hydrogen-bond acceptors (Lipinski definition) is 4. The third-order valence-corrected chi connectivity index (χ3v) is 5.13. The third-order valence-electron chi connectivity index (χ3n) is 5.13. The van der Waals surface area contributed by atoms with Crippen molar-refractivity contribution in [1.82, 2.24) is 4.98 Å². The van der Waals surface area contributed by atoms with Gasteiger partial charge in [0.15, 0.2) is 5.78 Å². The first-order chi connectivity index (χ1) is 14.0. The molecule has 1 amide bonds. The van der Waals surface area contributed by atoms with Gasteiger partial charge in [-0.25, -0.2) is 4.98 Å². The molecule has 3 aromatic rings. The van der Waals surface area contributed by atoms with Crippen LogP contribution in [0.2, 0.25) is 0 Å². The molecule has 2 heterocycles. The summed E-state index contributed by atoms with van der Waals surface area (Å²) in [5, 5.41) is 2.71. The lowest BCUT2D eigenvalue weighted by Crippen LogP contribution is -2.11. The summed E-state index contributed by atoms with van der Waals surface area (Å²) in [5.74, 6) is 1.25. The fraction of sp³-hybridized carbons (Fsp3) is 0.208. The molecule has 0 aliphatic carbocycles. The quantitative estimate of drug-likeness (QED) is 0.628. The molecule has 5 heteroatoms. The molecule has 1 aliphatic heterocycles. The second-order valence-corrected chi connectivity index (χ2v) is 7.35. The monoisotopic (exact) mass is 386 g/mol.